The van der Waals surface area contributed by atoms with Crippen LogP contribution in [0.4, 0.5) is 8.78 Å². The average molecular weight is 480 g/mol. The van der Waals surface area contributed by atoms with E-state index >= 15 is 0 Å². The molecule has 1 heterocycles. The minimum atomic E-state index is -0.256. The second-order valence-corrected chi connectivity index (χ2v) is 9.03. The van der Waals surface area contributed by atoms with Crippen LogP contribution >= 0.6 is 0 Å². The van der Waals surface area contributed by atoms with Crippen LogP contribution in [0.25, 0.3) is 0 Å². The smallest absolute Gasteiger partial charge is 0.161 e. The van der Waals surface area contributed by atoms with Gasteiger partial charge in [0.2, 0.25) is 0 Å². The molecular weight excluding hydrogens is 448 g/mol. The average Bonchev–Trinajstić information content (AvgIpc) is 2.87. The standard InChI is InChI=1S/C29H31F2NO3/c1-20(33)24-7-12-27(28(19-24)34-2)35-18-17-32-15-13-23(14-16-32)29(21-3-8-25(30)9-4-21)22-5-10-26(31)11-6-22/h3-12,19,23,29H,13-18H2,1-2H3. The van der Waals surface area contributed by atoms with Crippen molar-refractivity contribution in [2.75, 3.05) is 33.4 Å². The summed E-state index contributed by atoms with van der Waals surface area (Å²) in [5.74, 6) is 1.12. The van der Waals surface area contributed by atoms with Gasteiger partial charge in [-0.3, -0.25) is 9.69 Å². The van der Waals surface area contributed by atoms with Crippen molar-refractivity contribution in [3.05, 3.63) is 95.1 Å². The number of Topliss-reactive ketones (excluding diaryl/α,β-unsaturated/α-hetero) is 1. The predicted octanol–water partition coefficient (Wildman–Crippen LogP) is 6.10. The lowest BCUT2D eigenvalue weighted by Gasteiger charge is -2.36. The van der Waals surface area contributed by atoms with Crippen molar-refractivity contribution < 1.29 is 23.0 Å². The predicted molar refractivity (Wildman–Crippen MR) is 132 cm³/mol. The van der Waals surface area contributed by atoms with E-state index in [4.69, 9.17) is 9.47 Å². The fraction of sp³-hybridized carbons (Fsp3) is 0.345. The largest absolute Gasteiger partial charge is 0.493 e. The summed E-state index contributed by atoms with van der Waals surface area (Å²) < 4.78 is 38.4. The van der Waals surface area contributed by atoms with Crippen LogP contribution in [0.15, 0.2) is 66.7 Å². The summed E-state index contributed by atoms with van der Waals surface area (Å²) >= 11 is 0. The van der Waals surface area contributed by atoms with E-state index in [9.17, 15) is 13.6 Å². The van der Waals surface area contributed by atoms with Crippen molar-refractivity contribution in [2.24, 2.45) is 5.92 Å². The molecule has 3 aromatic rings. The van der Waals surface area contributed by atoms with Crippen LogP contribution < -0.4 is 9.47 Å². The third kappa shape index (κ3) is 6.25. The maximum absolute atomic E-state index is 13.6. The van der Waals surface area contributed by atoms with Crippen molar-refractivity contribution in [2.45, 2.75) is 25.7 Å². The van der Waals surface area contributed by atoms with Crippen molar-refractivity contribution in [3.63, 3.8) is 0 Å². The van der Waals surface area contributed by atoms with Crippen LogP contribution in [0.1, 0.15) is 47.2 Å². The number of halogens is 2. The van der Waals surface area contributed by atoms with E-state index in [0.717, 1.165) is 43.6 Å². The van der Waals surface area contributed by atoms with E-state index in [-0.39, 0.29) is 23.3 Å². The molecule has 6 heteroatoms. The molecule has 0 bridgehead atoms. The summed E-state index contributed by atoms with van der Waals surface area (Å²) in [6.45, 7) is 4.66. The summed E-state index contributed by atoms with van der Waals surface area (Å²) in [4.78, 5) is 14.0. The number of nitrogens with zero attached hydrogens (tertiary/aromatic N) is 1. The van der Waals surface area contributed by atoms with Gasteiger partial charge in [-0.15, -0.1) is 0 Å². The first-order chi connectivity index (χ1) is 16.9. The van der Waals surface area contributed by atoms with Crippen LogP contribution in [0, 0.1) is 17.6 Å². The molecule has 0 atom stereocenters. The minimum absolute atomic E-state index is 0.0164. The number of carbonyl (C=O) groups excluding carboxylic acids is 1. The molecule has 0 N–H and O–H groups in total. The Morgan fingerprint density at radius 3 is 2.00 bits per heavy atom. The van der Waals surface area contributed by atoms with E-state index < -0.39 is 0 Å². The fourth-order valence-corrected chi connectivity index (χ4v) is 4.88. The molecule has 0 radical (unpaired) electrons. The van der Waals surface area contributed by atoms with Crippen molar-refractivity contribution >= 4 is 5.78 Å². The van der Waals surface area contributed by atoms with Crippen LogP contribution in [-0.4, -0.2) is 44.0 Å². The lowest BCUT2D eigenvalue weighted by Crippen LogP contribution is -2.38. The second-order valence-electron chi connectivity index (χ2n) is 9.03. The first-order valence-corrected chi connectivity index (χ1v) is 12.0. The summed E-state index contributed by atoms with van der Waals surface area (Å²) in [7, 11) is 1.57. The molecule has 0 unspecified atom stereocenters. The molecular formula is C29H31F2NO3. The number of ether oxygens (including phenoxy) is 2. The molecule has 0 saturated carbocycles. The van der Waals surface area contributed by atoms with Gasteiger partial charge in [0, 0.05) is 18.0 Å². The number of benzene rings is 3. The Morgan fingerprint density at radius 1 is 0.914 bits per heavy atom. The highest BCUT2D eigenvalue weighted by Gasteiger charge is 2.29. The highest BCUT2D eigenvalue weighted by molar-refractivity contribution is 5.94. The number of methoxy groups -OCH3 is 1. The number of rotatable bonds is 9. The number of likely N-dealkylation sites (tertiary alicyclic amines) is 1. The van der Waals surface area contributed by atoms with Crippen LogP contribution in [0.5, 0.6) is 11.5 Å². The maximum Gasteiger partial charge on any atom is 0.161 e. The maximum atomic E-state index is 13.6. The Hall–Kier alpha value is -3.25. The normalized spacial score (nSPS) is 14.8. The van der Waals surface area contributed by atoms with Gasteiger partial charge in [0.25, 0.3) is 0 Å². The summed E-state index contributed by atoms with van der Waals surface area (Å²) in [5.41, 5.74) is 2.70. The quantitative estimate of drug-likeness (QED) is 0.348. The molecule has 0 aliphatic carbocycles. The van der Waals surface area contributed by atoms with Gasteiger partial charge >= 0.3 is 0 Å². The molecule has 184 valence electrons. The summed E-state index contributed by atoms with van der Waals surface area (Å²) in [6.07, 6.45) is 1.96. The fourth-order valence-electron chi connectivity index (χ4n) is 4.88. The van der Waals surface area contributed by atoms with Crippen molar-refractivity contribution in [1.29, 1.82) is 0 Å². The topological polar surface area (TPSA) is 38.8 Å². The third-order valence-electron chi connectivity index (χ3n) is 6.80. The monoisotopic (exact) mass is 479 g/mol. The molecule has 4 nitrogen and oxygen atoms in total. The summed E-state index contributed by atoms with van der Waals surface area (Å²) in [5, 5.41) is 0. The number of carbonyl (C=O) groups is 1. The zero-order valence-corrected chi connectivity index (χ0v) is 20.2. The van der Waals surface area contributed by atoms with Gasteiger partial charge in [-0.25, -0.2) is 8.78 Å². The highest BCUT2D eigenvalue weighted by Crippen LogP contribution is 2.38. The highest BCUT2D eigenvalue weighted by atomic mass is 19.1. The van der Waals surface area contributed by atoms with E-state index in [2.05, 4.69) is 4.90 Å². The molecule has 0 aromatic heterocycles. The van der Waals surface area contributed by atoms with E-state index in [0.29, 0.717) is 29.6 Å². The van der Waals surface area contributed by atoms with Crippen molar-refractivity contribution in [1.82, 2.24) is 4.90 Å². The van der Waals surface area contributed by atoms with Crippen LogP contribution in [0.2, 0.25) is 0 Å². The van der Waals surface area contributed by atoms with Gasteiger partial charge in [0.15, 0.2) is 17.3 Å². The molecule has 0 spiro atoms. The lowest BCUT2D eigenvalue weighted by atomic mass is 9.76. The van der Waals surface area contributed by atoms with Gasteiger partial charge in [0.05, 0.1) is 7.11 Å². The molecule has 1 saturated heterocycles. The minimum Gasteiger partial charge on any atom is -0.493 e. The Bertz CT molecular complexity index is 1080. The third-order valence-corrected chi connectivity index (χ3v) is 6.80. The van der Waals surface area contributed by atoms with Gasteiger partial charge in [-0.05, 0) is 92.4 Å². The zero-order valence-electron chi connectivity index (χ0n) is 20.2. The SMILES string of the molecule is COc1cc(C(C)=O)ccc1OCCN1CCC(C(c2ccc(F)cc2)c2ccc(F)cc2)CC1. The van der Waals surface area contributed by atoms with E-state index in [1.807, 2.05) is 24.3 Å². The Labute approximate surface area is 205 Å². The first-order valence-electron chi connectivity index (χ1n) is 12.0. The molecule has 4 rings (SSSR count). The number of hydrogen-bond donors (Lipinski definition) is 0. The Balaban J connectivity index is 1.36. The number of ketones is 1. The molecule has 35 heavy (non-hydrogen) atoms. The molecule has 1 aliphatic heterocycles. The van der Waals surface area contributed by atoms with Crippen molar-refractivity contribution in [3.8, 4) is 11.5 Å². The van der Waals surface area contributed by atoms with Gasteiger partial charge in [-0.2, -0.15) is 0 Å². The van der Waals surface area contributed by atoms with Crippen LogP contribution in [0.3, 0.4) is 0 Å². The summed E-state index contributed by atoms with van der Waals surface area (Å²) in [6, 6.07) is 18.6. The zero-order chi connectivity index (χ0) is 24.8. The van der Waals surface area contributed by atoms with Gasteiger partial charge in [0.1, 0.15) is 18.2 Å². The van der Waals surface area contributed by atoms with Gasteiger partial charge < -0.3 is 9.47 Å². The first kappa shape index (κ1) is 24.9. The Morgan fingerprint density at radius 2 is 1.49 bits per heavy atom. The second kappa shape index (κ2) is 11.5. The van der Waals surface area contributed by atoms with Crippen LogP contribution in [-0.2, 0) is 0 Å². The Kier molecular flexibility index (Phi) is 8.13. The number of hydrogen-bond acceptors (Lipinski definition) is 4. The molecule has 1 aliphatic rings. The van der Waals surface area contributed by atoms with E-state index in [1.54, 1.807) is 25.3 Å². The molecule has 1 fully saturated rings. The molecule has 3 aromatic carbocycles. The molecule has 0 amide bonds. The van der Waals surface area contributed by atoms with Gasteiger partial charge in [-0.1, -0.05) is 24.3 Å². The number of piperidine rings is 1. The lowest BCUT2D eigenvalue weighted by molar-refractivity contribution is 0.101. The van der Waals surface area contributed by atoms with E-state index in [1.165, 1.54) is 31.2 Å².